The molecule has 1 unspecified atom stereocenters. The van der Waals surface area contributed by atoms with Crippen molar-refractivity contribution < 1.29 is 18.0 Å². The maximum atomic E-state index is 12.9. The Hall–Kier alpha value is -1.73. The van der Waals surface area contributed by atoms with E-state index in [9.17, 15) is 18.0 Å². The first-order valence-electron chi connectivity index (χ1n) is 9.19. The van der Waals surface area contributed by atoms with Crippen molar-refractivity contribution in [2.24, 2.45) is 11.8 Å². The van der Waals surface area contributed by atoms with E-state index in [0.717, 1.165) is 12.8 Å². The smallest absolute Gasteiger partial charge is 0.225 e. The molecule has 0 radical (unpaired) electrons. The van der Waals surface area contributed by atoms with Gasteiger partial charge in [0, 0.05) is 43.6 Å². The average molecular weight is 378 g/mol. The molecule has 2 fully saturated rings. The van der Waals surface area contributed by atoms with Crippen LogP contribution in [-0.4, -0.2) is 61.7 Å². The normalized spacial score (nSPS) is 23.0. The number of carbonyl (C=O) groups is 2. The number of rotatable bonds is 4. The van der Waals surface area contributed by atoms with Crippen LogP contribution in [0.2, 0.25) is 0 Å². The third-order valence-electron chi connectivity index (χ3n) is 5.43. The number of hydrogen-bond donors (Lipinski definition) is 0. The molecule has 7 heteroatoms. The predicted molar refractivity (Wildman–Crippen MR) is 99.2 cm³/mol. The molecule has 0 aromatic heterocycles. The summed E-state index contributed by atoms with van der Waals surface area (Å²) in [5.41, 5.74) is 0.702. The van der Waals surface area contributed by atoms with Gasteiger partial charge in [0.1, 0.15) is 0 Å². The zero-order chi connectivity index (χ0) is 18.7. The fourth-order valence-electron chi connectivity index (χ4n) is 3.92. The Morgan fingerprint density at radius 2 is 1.62 bits per heavy atom. The molecule has 2 saturated heterocycles. The minimum absolute atomic E-state index is 0.0729. The number of benzene rings is 1. The standard InChI is InChI=1S/C19H26N2O4S/c1-26(24,25)21-12-9-16(10-13-21)19(23)20-11-5-8-17(14-20)18(22)15-6-3-2-4-7-15/h2-4,6-7,16-17H,5,8-14H2,1H3. The van der Waals surface area contributed by atoms with E-state index in [4.69, 9.17) is 0 Å². The molecule has 0 spiro atoms. The molecule has 0 N–H and O–H groups in total. The van der Waals surface area contributed by atoms with E-state index in [2.05, 4.69) is 0 Å². The topological polar surface area (TPSA) is 74.8 Å². The van der Waals surface area contributed by atoms with Gasteiger partial charge in [0.05, 0.1) is 6.26 Å². The molecule has 1 amide bonds. The van der Waals surface area contributed by atoms with Gasteiger partial charge < -0.3 is 4.90 Å². The van der Waals surface area contributed by atoms with Crippen LogP contribution in [0.5, 0.6) is 0 Å². The Morgan fingerprint density at radius 3 is 2.23 bits per heavy atom. The lowest BCUT2D eigenvalue weighted by Gasteiger charge is -2.37. The third-order valence-corrected chi connectivity index (χ3v) is 6.74. The summed E-state index contributed by atoms with van der Waals surface area (Å²) in [4.78, 5) is 27.4. The van der Waals surface area contributed by atoms with Crippen LogP contribution in [0.25, 0.3) is 0 Å². The molecule has 2 aliphatic heterocycles. The number of hydrogen-bond acceptors (Lipinski definition) is 4. The van der Waals surface area contributed by atoms with Crippen molar-refractivity contribution in [2.45, 2.75) is 25.7 Å². The number of Topliss-reactive ketones (excluding diaryl/α,β-unsaturated/α-hetero) is 1. The van der Waals surface area contributed by atoms with Crippen LogP contribution in [0.4, 0.5) is 0 Å². The van der Waals surface area contributed by atoms with Gasteiger partial charge in [0.25, 0.3) is 0 Å². The van der Waals surface area contributed by atoms with Crippen LogP contribution in [0.3, 0.4) is 0 Å². The maximum Gasteiger partial charge on any atom is 0.225 e. The molecule has 1 aromatic carbocycles. The lowest BCUT2D eigenvalue weighted by Crippen LogP contribution is -2.48. The highest BCUT2D eigenvalue weighted by atomic mass is 32.2. The maximum absolute atomic E-state index is 12.9. The second kappa shape index (κ2) is 7.88. The van der Waals surface area contributed by atoms with Crippen LogP contribution in [0.1, 0.15) is 36.0 Å². The van der Waals surface area contributed by atoms with E-state index in [1.807, 2.05) is 35.2 Å². The van der Waals surface area contributed by atoms with Crippen molar-refractivity contribution in [1.29, 1.82) is 0 Å². The fraction of sp³-hybridized carbons (Fsp3) is 0.579. The van der Waals surface area contributed by atoms with E-state index >= 15 is 0 Å². The Bertz CT molecular complexity index is 755. The van der Waals surface area contributed by atoms with Gasteiger partial charge in [-0.25, -0.2) is 12.7 Å². The molecule has 1 atom stereocenters. The van der Waals surface area contributed by atoms with E-state index in [0.29, 0.717) is 44.6 Å². The number of carbonyl (C=O) groups excluding carboxylic acids is 2. The second-order valence-corrected chi connectivity index (χ2v) is 9.27. The average Bonchev–Trinajstić information content (AvgIpc) is 2.67. The summed E-state index contributed by atoms with van der Waals surface area (Å²) in [6, 6.07) is 9.24. The van der Waals surface area contributed by atoms with Gasteiger partial charge in [0.2, 0.25) is 15.9 Å². The van der Waals surface area contributed by atoms with Gasteiger partial charge in [-0.15, -0.1) is 0 Å². The van der Waals surface area contributed by atoms with Crippen LogP contribution in [0, 0.1) is 11.8 Å². The third kappa shape index (κ3) is 4.32. The van der Waals surface area contributed by atoms with Crippen molar-refractivity contribution in [1.82, 2.24) is 9.21 Å². The summed E-state index contributed by atoms with van der Waals surface area (Å²) < 4.78 is 24.7. The SMILES string of the molecule is CS(=O)(=O)N1CCC(C(=O)N2CCCC(C(=O)c3ccccc3)C2)CC1. The number of likely N-dealkylation sites (tertiary alicyclic amines) is 1. The second-order valence-electron chi connectivity index (χ2n) is 7.29. The molecule has 6 nitrogen and oxygen atoms in total. The number of amides is 1. The molecular weight excluding hydrogens is 352 g/mol. The largest absolute Gasteiger partial charge is 0.342 e. The van der Waals surface area contributed by atoms with E-state index in [1.165, 1.54) is 10.6 Å². The zero-order valence-corrected chi connectivity index (χ0v) is 16.0. The van der Waals surface area contributed by atoms with Crippen molar-refractivity contribution in [3.63, 3.8) is 0 Å². The highest BCUT2D eigenvalue weighted by Crippen LogP contribution is 2.26. The first-order chi connectivity index (χ1) is 12.4. The van der Waals surface area contributed by atoms with Crippen molar-refractivity contribution in [3.05, 3.63) is 35.9 Å². The minimum Gasteiger partial charge on any atom is -0.342 e. The minimum atomic E-state index is -3.19. The summed E-state index contributed by atoms with van der Waals surface area (Å²) in [6.45, 7) is 1.95. The van der Waals surface area contributed by atoms with Crippen molar-refractivity contribution in [3.8, 4) is 0 Å². The number of sulfonamides is 1. The lowest BCUT2D eigenvalue weighted by atomic mass is 9.88. The Labute approximate surface area is 155 Å². The Kier molecular flexibility index (Phi) is 5.77. The molecule has 26 heavy (non-hydrogen) atoms. The lowest BCUT2D eigenvalue weighted by molar-refractivity contribution is -0.138. The van der Waals surface area contributed by atoms with E-state index in [1.54, 1.807) is 0 Å². The van der Waals surface area contributed by atoms with Crippen LogP contribution in [0.15, 0.2) is 30.3 Å². The van der Waals surface area contributed by atoms with Crippen molar-refractivity contribution >= 4 is 21.7 Å². The van der Waals surface area contributed by atoms with Gasteiger partial charge >= 0.3 is 0 Å². The molecule has 3 rings (SSSR count). The van der Waals surface area contributed by atoms with E-state index in [-0.39, 0.29) is 23.5 Å². The molecule has 0 bridgehead atoms. The number of ketones is 1. The van der Waals surface area contributed by atoms with Crippen LogP contribution < -0.4 is 0 Å². The summed E-state index contributed by atoms with van der Waals surface area (Å²) in [7, 11) is -3.19. The van der Waals surface area contributed by atoms with Gasteiger partial charge in [-0.05, 0) is 25.7 Å². The summed E-state index contributed by atoms with van der Waals surface area (Å²) >= 11 is 0. The first kappa shape index (κ1) is 19.0. The van der Waals surface area contributed by atoms with Gasteiger partial charge in [-0.3, -0.25) is 9.59 Å². The zero-order valence-electron chi connectivity index (χ0n) is 15.1. The highest BCUT2D eigenvalue weighted by molar-refractivity contribution is 7.88. The monoisotopic (exact) mass is 378 g/mol. The van der Waals surface area contributed by atoms with Crippen LogP contribution >= 0.6 is 0 Å². The van der Waals surface area contributed by atoms with Gasteiger partial charge in [-0.2, -0.15) is 0 Å². The summed E-state index contributed by atoms with van der Waals surface area (Å²) in [5.74, 6) is -0.108. The highest BCUT2D eigenvalue weighted by Gasteiger charge is 2.34. The van der Waals surface area contributed by atoms with Gasteiger partial charge in [-0.1, -0.05) is 30.3 Å². The number of piperidine rings is 2. The Balaban J connectivity index is 1.59. The summed E-state index contributed by atoms with van der Waals surface area (Å²) in [5, 5.41) is 0. The van der Waals surface area contributed by atoms with Crippen molar-refractivity contribution in [2.75, 3.05) is 32.4 Å². The van der Waals surface area contributed by atoms with Gasteiger partial charge in [0.15, 0.2) is 5.78 Å². The Morgan fingerprint density at radius 1 is 0.962 bits per heavy atom. The number of nitrogens with zero attached hydrogens (tertiary/aromatic N) is 2. The molecule has 2 aliphatic rings. The molecule has 0 aliphatic carbocycles. The predicted octanol–water partition coefficient (Wildman–Crippen LogP) is 1.78. The molecule has 1 aromatic rings. The summed E-state index contributed by atoms with van der Waals surface area (Å²) in [6.07, 6.45) is 3.96. The molecule has 2 heterocycles. The fourth-order valence-corrected chi connectivity index (χ4v) is 4.80. The quantitative estimate of drug-likeness (QED) is 0.749. The molecular formula is C19H26N2O4S. The van der Waals surface area contributed by atoms with Crippen LogP contribution in [-0.2, 0) is 14.8 Å². The molecule has 142 valence electrons. The first-order valence-corrected chi connectivity index (χ1v) is 11.0. The molecule has 0 saturated carbocycles. The van der Waals surface area contributed by atoms with E-state index < -0.39 is 10.0 Å².